The molecular formula is C25H24FN3O2. The third-order valence-corrected chi connectivity index (χ3v) is 5.39. The summed E-state index contributed by atoms with van der Waals surface area (Å²) in [7, 11) is 1.62. The number of methoxy groups -OCH3 is 1. The Morgan fingerprint density at radius 2 is 2.06 bits per heavy atom. The van der Waals surface area contributed by atoms with E-state index in [1.807, 2.05) is 42.0 Å². The van der Waals surface area contributed by atoms with Crippen LogP contribution in [-0.2, 0) is 4.79 Å². The van der Waals surface area contributed by atoms with E-state index in [1.165, 1.54) is 6.07 Å². The minimum absolute atomic E-state index is 0.146. The second-order valence-corrected chi connectivity index (χ2v) is 7.51. The Balaban J connectivity index is 1.62. The number of carbonyl (C=O) groups is 1. The van der Waals surface area contributed by atoms with Crippen LogP contribution < -0.4 is 4.74 Å². The van der Waals surface area contributed by atoms with Crippen LogP contribution in [0.3, 0.4) is 0 Å². The number of halogens is 1. The van der Waals surface area contributed by atoms with Crippen molar-refractivity contribution in [1.29, 1.82) is 0 Å². The lowest BCUT2D eigenvalue weighted by molar-refractivity contribution is -0.125. The molecule has 1 aromatic heterocycles. The van der Waals surface area contributed by atoms with Gasteiger partial charge in [-0.15, -0.1) is 0 Å². The third kappa shape index (κ3) is 4.14. The van der Waals surface area contributed by atoms with Crippen LogP contribution in [0.5, 0.6) is 5.75 Å². The van der Waals surface area contributed by atoms with E-state index in [1.54, 1.807) is 36.5 Å². The summed E-state index contributed by atoms with van der Waals surface area (Å²) in [4.78, 5) is 19.0. The monoisotopic (exact) mass is 417 g/mol. The zero-order valence-electron chi connectivity index (χ0n) is 17.6. The van der Waals surface area contributed by atoms with Crippen molar-refractivity contribution in [2.24, 2.45) is 0 Å². The van der Waals surface area contributed by atoms with Crippen molar-refractivity contribution >= 4 is 17.7 Å². The van der Waals surface area contributed by atoms with Gasteiger partial charge in [0.2, 0.25) is 0 Å². The van der Waals surface area contributed by atoms with Crippen LogP contribution in [0.15, 0.2) is 67.1 Å². The maximum Gasteiger partial charge on any atom is 0.254 e. The summed E-state index contributed by atoms with van der Waals surface area (Å²) in [5.41, 5.74) is 4.04. The number of aryl methyl sites for hydroxylation is 1. The molecule has 31 heavy (non-hydrogen) atoms. The first kappa shape index (κ1) is 20.6. The van der Waals surface area contributed by atoms with Crippen molar-refractivity contribution in [3.63, 3.8) is 0 Å². The molecule has 2 heterocycles. The van der Waals surface area contributed by atoms with Gasteiger partial charge in [0.1, 0.15) is 11.6 Å². The molecule has 5 nitrogen and oxygen atoms in total. The predicted octanol–water partition coefficient (Wildman–Crippen LogP) is 5.01. The fourth-order valence-electron chi connectivity index (χ4n) is 3.79. The molecule has 0 N–H and O–H groups in total. The van der Waals surface area contributed by atoms with Crippen molar-refractivity contribution in [3.8, 4) is 11.4 Å². The largest absolute Gasteiger partial charge is 0.495 e. The van der Waals surface area contributed by atoms with Crippen molar-refractivity contribution in [2.45, 2.75) is 19.8 Å². The van der Waals surface area contributed by atoms with Gasteiger partial charge in [-0.1, -0.05) is 24.8 Å². The second kappa shape index (κ2) is 8.60. The Labute approximate surface area is 181 Å². The van der Waals surface area contributed by atoms with Crippen molar-refractivity contribution in [3.05, 3.63) is 89.8 Å². The van der Waals surface area contributed by atoms with E-state index in [-0.39, 0.29) is 11.7 Å². The van der Waals surface area contributed by atoms with E-state index in [0.29, 0.717) is 35.5 Å². The molecule has 2 aromatic carbocycles. The van der Waals surface area contributed by atoms with E-state index in [2.05, 4.69) is 11.6 Å². The summed E-state index contributed by atoms with van der Waals surface area (Å²) >= 11 is 0. The van der Waals surface area contributed by atoms with Crippen LogP contribution in [0.2, 0.25) is 0 Å². The highest BCUT2D eigenvalue weighted by atomic mass is 19.1. The lowest BCUT2D eigenvalue weighted by Gasteiger charge is -2.30. The zero-order chi connectivity index (χ0) is 22.0. The first-order chi connectivity index (χ1) is 15.0. The highest BCUT2D eigenvalue weighted by Gasteiger charge is 2.26. The SMILES string of the molecule is C=C(c1ccccc1F)N1CCC/C(=C\c2ccc(-n3cnc(C)c3)c(OC)c2)C1=O. The summed E-state index contributed by atoms with van der Waals surface area (Å²) in [5, 5.41) is 0. The van der Waals surface area contributed by atoms with Crippen LogP contribution in [0.4, 0.5) is 4.39 Å². The normalized spacial score (nSPS) is 15.4. The third-order valence-electron chi connectivity index (χ3n) is 5.39. The Bertz CT molecular complexity index is 1180. The molecule has 0 spiro atoms. The number of carbonyl (C=O) groups excluding carboxylic acids is 1. The molecular weight excluding hydrogens is 393 g/mol. The number of ether oxygens (including phenoxy) is 1. The summed E-state index contributed by atoms with van der Waals surface area (Å²) in [6, 6.07) is 12.2. The lowest BCUT2D eigenvalue weighted by Crippen LogP contribution is -2.35. The highest BCUT2D eigenvalue weighted by molar-refractivity contribution is 6.02. The highest BCUT2D eigenvalue weighted by Crippen LogP contribution is 2.30. The minimum atomic E-state index is -0.383. The molecule has 1 aliphatic heterocycles. The van der Waals surface area contributed by atoms with Gasteiger partial charge in [-0.25, -0.2) is 9.37 Å². The number of rotatable bonds is 5. The lowest BCUT2D eigenvalue weighted by atomic mass is 9.99. The standard InChI is InChI=1S/C25H24FN3O2/c1-17-15-28(16-27-17)23-11-10-19(14-24(23)31-3)13-20-7-6-12-29(25(20)30)18(2)21-8-4-5-9-22(21)26/h4-5,8-11,13-16H,2,6-7,12H2,1,3H3/b20-13+. The van der Waals surface area contributed by atoms with Crippen LogP contribution >= 0.6 is 0 Å². The van der Waals surface area contributed by atoms with Gasteiger partial charge in [-0.05, 0) is 55.7 Å². The molecule has 1 saturated heterocycles. The van der Waals surface area contributed by atoms with Crippen LogP contribution in [0, 0.1) is 12.7 Å². The second-order valence-electron chi connectivity index (χ2n) is 7.51. The average molecular weight is 417 g/mol. The molecule has 1 aliphatic rings. The number of nitrogens with zero attached hydrogens (tertiary/aromatic N) is 3. The Kier molecular flexibility index (Phi) is 5.71. The quantitative estimate of drug-likeness (QED) is 0.549. The molecule has 3 aromatic rings. The van der Waals surface area contributed by atoms with E-state index >= 15 is 0 Å². The van der Waals surface area contributed by atoms with Crippen LogP contribution in [0.1, 0.15) is 29.7 Å². The molecule has 0 radical (unpaired) electrons. The molecule has 158 valence electrons. The number of hydrogen-bond acceptors (Lipinski definition) is 3. The van der Waals surface area contributed by atoms with Gasteiger partial charge >= 0.3 is 0 Å². The van der Waals surface area contributed by atoms with E-state index in [9.17, 15) is 9.18 Å². The minimum Gasteiger partial charge on any atom is -0.495 e. The van der Waals surface area contributed by atoms with Crippen molar-refractivity contribution < 1.29 is 13.9 Å². The molecule has 0 aliphatic carbocycles. The fraction of sp³-hybridized carbons (Fsp3) is 0.200. The first-order valence-corrected chi connectivity index (χ1v) is 10.1. The average Bonchev–Trinajstić information content (AvgIpc) is 3.21. The Morgan fingerprint density at radius 1 is 1.26 bits per heavy atom. The van der Waals surface area contributed by atoms with E-state index in [0.717, 1.165) is 23.4 Å². The molecule has 4 rings (SSSR count). The van der Waals surface area contributed by atoms with Gasteiger partial charge in [-0.2, -0.15) is 0 Å². The number of likely N-dealkylation sites (tertiary alicyclic amines) is 1. The molecule has 1 fully saturated rings. The number of aromatic nitrogens is 2. The zero-order valence-corrected chi connectivity index (χ0v) is 17.6. The summed E-state index contributed by atoms with van der Waals surface area (Å²) in [6.07, 6.45) is 6.98. The Morgan fingerprint density at radius 3 is 2.77 bits per heavy atom. The summed E-state index contributed by atoms with van der Waals surface area (Å²) < 4.78 is 21.7. The number of piperidine rings is 1. The maximum atomic E-state index is 14.2. The first-order valence-electron chi connectivity index (χ1n) is 10.1. The molecule has 0 unspecified atom stereocenters. The summed E-state index contributed by atoms with van der Waals surface area (Å²) in [6.45, 7) is 6.43. The van der Waals surface area contributed by atoms with Gasteiger partial charge < -0.3 is 14.2 Å². The number of amides is 1. The maximum absolute atomic E-state index is 14.2. The molecule has 1 amide bonds. The van der Waals surface area contributed by atoms with Gasteiger partial charge in [0.05, 0.1) is 24.8 Å². The van der Waals surface area contributed by atoms with Gasteiger partial charge in [0, 0.05) is 29.6 Å². The van der Waals surface area contributed by atoms with Crippen molar-refractivity contribution in [1.82, 2.24) is 14.5 Å². The molecule has 0 bridgehead atoms. The fourth-order valence-corrected chi connectivity index (χ4v) is 3.79. The van der Waals surface area contributed by atoms with Crippen molar-refractivity contribution in [2.75, 3.05) is 13.7 Å². The van der Waals surface area contributed by atoms with Crippen LogP contribution in [-0.4, -0.2) is 34.0 Å². The van der Waals surface area contributed by atoms with Crippen LogP contribution in [0.25, 0.3) is 17.5 Å². The molecule has 6 heteroatoms. The predicted molar refractivity (Wildman–Crippen MR) is 119 cm³/mol. The number of hydrogen-bond donors (Lipinski definition) is 0. The topological polar surface area (TPSA) is 47.4 Å². The number of benzene rings is 2. The molecule has 0 atom stereocenters. The van der Waals surface area contributed by atoms with E-state index < -0.39 is 0 Å². The van der Waals surface area contributed by atoms with Gasteiger partial charge in [-0.3, -0.25) is 4.79 Å². The van der Waals surface area contributed by atoms with Gasteiger partial charge in [0.15, 0.2) is 0 Å². The Hall–Kier alpha value is -3.67. The summed E-state index contributed by atoms with van der Waals surface area (Å²) in [5.74, 6) is 0.155. The van der Waals surface area contributed by atoms with Gasteiger partial charge in [0.25, 0.3) is 5.91 Å². The smallest absolute Gasteiger partial charge is 0.254 e. The molecule has 0 saturated carbocycles. The number of imidazole rings is 1. The van der Waals surface area contributed by atoms with E-state index in [4.69, 9.17) is 4.74 Å².